The SMILES string of the molecule is Cl.O=C(C1CCNC1)N(CC1CCCCC1)C1CC1. The second kappa shape index (κ2) is 6.94. The molecule has 0 aromatic carbocycles. The van der Waals surface area contributed by atoms with Gasteiger partial charge in [-0.25, -0.2) is 0 Å². The summed E-state index contributed by atoms with van der Waals surface area (Å²) in [5.74, 6) is 1.51. The number of hydrogen-bond acceptors (Lipinski definition) is 2. The van der Waals surface area contributed by atoms with Gasteiger partial charge in [-0.2, -0.15) is 0 Å². The molecule has 1 amide bonds. The lowest BCUT2D eigenvalue weighted by atomic mass is 9.88. The summed E-state index contributed by atoms with van der Waals surface area (Å²) < 4.78 is 0. The number of nitrogens with one attached hydrogen (secondary N) is 1. The summed E-state index contributed by atoms with van der Waals surface area (Å²) in [6.07, 6.45) is 10.4. The maximum Gasteiger partial charge on any atom is 0.227 e. The third-order valence-corrected chi connectivity index (χ3v) is 4.86. The highest BCUT2D eigenvalue weighted by atomic mass is 35.5. The summed E-state index contributed by atoms with van der Waals surface area (Å²) in [7, 11) is 0. The van der Waals surface area contributed by atoms with E-state index in [2.05, 4.69) is 10.2 Å². The van der Waals surface area contributed by atoms with E-state index >= 15 is 0 Å². The third kappa shape index (κ3) is 3.85. The van der Waals surface area contributed by atoms with E-state index in [1.807, 2.05) is 0 Å². The highest BCUT2D eigenvalue weighted by Gasteiger charge is 2.37. The Morgan fingerprint density at radius 2 is 1.79 bits per heavy atom. The molecule has 2 aliphatic carbocycles. The largest absolute Gasteiger partial charge is 0.339 e. The number of carbonyl (C=O) groups excluding carboxylic acids is 1. The second-order valence-corrected chi connectivity index (χ2v) is 6.42. The summed E-state index contributed by atoms with van der Waals surface area (Å²) in [6, 6.07) is 0.597. The Balaban J connectivity index is 0.00000133. The fourth-order valence-corrected chi connectivity index (χ4v) is 3.55. The first-order chi connectivity index (χ1) is 8.84. The summed E-state index contributed by atoms with van der Waals surface area (Å²) in [5, 5.41) is 3.32. The Morgan fingerprint density at radius 1 is 1.05 bits per heavy atom. The zero-order valence-corrected chi connectivity index (χ0v) is 12.6. The lowest BCUT2D eigenvalue weighted by Gasteiger charge is -2.31. The average Bonchev–Trinajstić information content (AvgIpc) is 3.10. The molecule has 4 heteroatoms. The molecule has 1 aliphatic heterocycles. The Kier molecular flexibility index (Phi) is 5.52. The molecule has 1 atom stereocenters. The van der Waals surface area contributed by atoms with Crippen molar-refractivity contribution in [1.82, 2.24) is 10.2 Å². The Morgan fingerprint density at radius 3 is 2.37 bits per heavy atom. The lowest BCUT2D eigenvalue weighted by Crippen LogP contribution is -2.42. The molecule has 0 spiro atoms. The van der Waals surface area contributed by atoms with E-state index in [-0.39, 0.29) is 18.3 Å². The molecule has 0 radical (unpaired) electrons. The molecule has 1 saturated heterocycles. The minimum atomic E-state index is 0. The van der Waals surface area contributed by atoms with Gasteiger partial charge in [-0.05, 0) is 44.6 Å². The second-order valence-electron chi connectivity index (χ2n) is 6.42. The van der Waals surface area contributed by atoms with Crippen molar-refractivity contribution >= 4 is 18.3 Å². The van der Waals surface area contributed by atoms with Gasteiger partial charge in [0.1, 0.15) is 0 Å². The van der Waals surface area contributed by atoms with Crippen molar-refractivity contribution in [2.45, 2.75) is 57.4 Å². The monoisotopic (exact) mass is 286 g/mol. The van der Waals surface area contributed by atoms with Crippen molar-refractivity contribution in [2.75, 3.05) is 19.6 Å². The van der Waals surface area contributed by atoms with Crippen molar-refractivity contribution in [1.29, 1.82) is 0 Å². The molecule has 1 unspecified atom stereocenters. The van der Waals surface area contributed by atoms with Crippen LogP contribution >= 0.6 is 12.4 Å². The van der Waals surface area contributed by atoms with Gasteiger partial charge < -0.3 is 10.2 Å². The Hall–Kier alpha value is -0.280. The number of hydrogen-bond donors (Lipinski definition) is 1. The Labute approximate surface area is 122 Å². The molecule has 3 nitrogen and oxygen atoms in total. The predicted molar refractivity (Wildman–Crippen MR) is 79.5 cm³/mol. The molecule has 0 bridgehead atoms. The highest BCUT2D eigenvalue weighted by molar-refractivity contribution is 5.85. The molecule has 3 aliphatic rings. The van der Waals surface area contributed by atoms with E-state index in [0.29, 0.717) is 11.9 Å². The quantitative estimate of drug-likeness (QED) is 0.861. The van der Waals surface area contributed by atoms with Crippen LogP contribution in [-0.4, -0.2) is 36.5 Å². The zero-order chi connectivity index (χ0) is 12.4. The van der Waals surface area contributed by atoms with Crippen molar-refractivity contribution in [3.63, 3.8) is 0 Å². The van der Waals surface area contributed by atoms with E-state index in [1.165, 1.54) is 44.9 Å². The van der Waals surface area contributed by atoms with Crippen LogP contribution in [0.2, 0.25) is 0 Å². The minimum absolute atomic E-state index is 0. The van der Waals surface area contributed by atoms with E-state index in [4.69, 9.17) is 0 Å². The third-order valence-electron chi connectivity index (χ3n) is 4.86. The number of nitrogens with zero attached hydrogens (tertiary/aromatic N) is 1. The first-order valence-electron chi connectivity index (χ1n) is 7.86. The average molecular weight is 287 g/mol. The van der Waals surface area contributed by atoms with Crippen molar-refractivity contribution in [2.24, 2.45) is 11.8 Å². The predicted octanol–water partition coefficient (Wildman–Crippen LogP) is 2.59. The summed E-state index contributed by atoms with van der Waals surface area (Å²) in [6.45, 7) is 2.99. The van der Waals surface area contributed by atoms with E-state index in [9.17, 15) is 4.79 Å². The van der Waals surface area contributed by atoms with Crippen molar-refractivity contribution < 1.29 is 4.79 Å². The number of rotatable bonds is 4. The molecule has 3 fully saturated rings. The molecule has 110 valence electrons. The number of amides is 1. The number of halogens is 1. The molecule has 19 heavy (non-hydrogen) atoms. The molecule has 1 heterocycles. The van der Waals surface area contributed by atoms with Crippen LogP contribution in [0.1, 0.15) is 51.4 Å². The first-order valence-corrected chi connectivity index (χ1v) is 7.86. The van der Waals surface area contributed by atoms with Crippen LogP contribution in [0.5, 0.6) is 0 Å². The normalized spacial score (nSPS) is 27.9. The first kappa shape index (κ1) is 15.1. The van der Waals surface area contributed by atoms with Gasteiger partial charge in [-0.3, -0.25) is 4.79 Å². The van der Waals surface area contributed by atoms with Crippen LogP contribution in [0, 0.1) is 11.8 Å². The fraction of sp³-hybridized carbons (Fsp3) is 0.933. The topological polar surface area (TPSA) is 32.3 Å². The van der Waals surface area contributed by atoms with Crippen molar-refractivity contribution in [3.8, 4) is 0 Å². The van der Waals surface area contributed by atoms with Crippen LogP contribution in [0.25, 0.3) is 0 Å². The van der Waals surface area contributed by atoms with Crippen LogP contribution in [0.3, 0.4) is 0 Å². The van der Waals surface area contributed by atoms with Crippen LogP contribution < -0.4 is 5.32 Å². The summed E-state index contributed by atoms with van der Waals surface area (Å²) in [5.41, 5.74) is 0. The van der Waals surface area contributed by atoms with Gasteiger partial charge in [0.2, 0.25) is 5.91 Å². The fourth-order valence-electron chi connectivity index (χ4n) is 3.55. The van der Waals surface area contributed by atoms with Crippen LogP contribution in [0.4, 0.5) is 0 Å². The van der Waals surface area contributed by atoms with Gasteiger partial charge in [0.25, 0.3) is 0 Å². The van der Waals surface area contributed by atoms with Gasteiger partial charge in [0.05, 0.1) is 5.92 Å². The Bertz CT molecular complexity index is 295. The summed E-state index contributed by atoms with van der Waals surface area (Å²) >= 11 is 0. The van der Waals surface area contributed by atoms with Crippen molar-refractivity contribution in [3.05, 3.63) is 0 Å². The molecule has 1 N–H and O–H groups in total. The molecular weight excluding hydrogens is 260 g/mol. The van der Waals surface area contributed by atoms with Gasteiger partial charge >= 0.3 is 0 Å². The molecule has 0 aromatic rings. The van der Waals surface area contributed by atoms with Gasteiger partial charge in [-0.15, -0.1) is 12.4 Å². The van der Waals surface area contributed by atoms with Crippen LogP contribution in [-0.2, 0) is 4.79 Å². The number of carbonyl (C=O) groups is 1. The molecular formula is C15H27ClN2O. The highest BCUT2D eigenvalue weighted by Crippen LogP contribution is 2.32. The van der Waals surface area contributed by atoms with Gasteiger partial charge in [0, 0.05) is 19.1 Å². The molecule has 3 rings (SSSR count). The van der Waals surface area contributed by atoms with Crippen LogP contribution in [0.15, 0.2) is 0 Å². The standard InChI is InChI=1S/C15H26N2O.ClH/c18-15(13-8-9-16-10-13)17(14-6-7-14)11-12-4-2-1-3-5-12;/h12-14,16H,1-11H2;1H. The van der Waals surface area contributed by atoms with Gasteiger partial charge in [0.15, 0.2) is 0 Å². The van der Waals surface area contributed by atoms with E-state index < -0.39 is 0 Å². The lowest BCUT2D eigenvalue weighted by molar-refractivity contribution is -0.136. The van der Waals surface area contributed by atoms with E-state index in [0.717, 1.165) is 32.0 Å². The minimum Gasteiger partial charge on any atom is -0.339 e. The zero-order valence-electron chi connectivity index (χ0n) is 11.8. The van der Waals surface area contributed by atoms with Gasteiger partial charge in [-0.1, -0.05) is 19.3 Å². The van der Waals surface area contributed by atoms with E-state index in [1.54, 1.807) is 0 Å². The molecule has 0 aromatic heterocycles. The summed E-state index contributed by atoms with van der Waals surface area (Å²) in [4.78, 5) is 14.8. The maximum absolute atomic E-state index is 12.6. The molecule has 2 saturated carbocycles. The maximum atomic E-state index is 12.6. The smallest absolute Gasteiger partial charge is 0.227 e.